The van der Waals surface area contributed by atoms with E-state index in [9.17, 15) is 4.79 Å². The van der Waals surface area contributed by atoms with Gasteiger partial charge >= 0.3 is 0 Å². The van der Waals surface area contributed by atoms with E-state index in [2.05, 4.69) is 5.32 Å². The Labute approximate surface area is 127 Å². The SMILES string of the molecule is NC(=O)CCOc1ccc(NCC2CCCCCC2)cc1. The van der Waals surface area contributed by atoms with E-state index in [0.29, 0.717) is 6.61 Å². The largest absolute Gasteiger partial charge is 0.493 e. The predicted molar refractivity (Wildman–Crippen MR) is 85.4 cm³/mol. The Morgan fingerprint density at radius 2 is 1.81 bits per heavy atom. The Bertz CT molecular complexity index is 423. The molecule has 2 rings (SSSR count). The molecule has 0 unspecified atom stereocenters. The van der Waals surface area contributed by atoms with Crippen molar-refractivity contribution in [3.05, 3.63) is 24.3 Å². The van der Waals surface area contributed by atoms with Crippen LogP contribution in [0.1, 0.15) is 44.9 Å². The lowest BCUT2D eigenvalue weighted by Gasteiger charge is -2.16. The van der Waals surface area contributed by atoms with Gasteiger partial charge in [0.1, 0.15) is 5.75 Å². The Hall–Kier alpha value is -1.71. The lowest BCUT2D eigenvalue weighted by molar-refractivity contribution is -0.118. The van der Waals surface area contributed by atoms with Gasteiger partial charge in [0.2, 0.25) is 5.91 Å². The standard InChI is InChI=1S/C17H26N2O2/c18-17(20)11-12-21-16-9-7-15(8-10-16)19-13-14-5-3-1-2-4-6-14/h7-10,14,19H,1-6,11-13H2,(H2,18,20). The molecule has 1 fully saturated rings. The zero-order valence-corrected chi connectivity index (χ0v) is 12.6. The maximum absolute atomic E-state index is 10.6. The van der Waals surface area contributed by atoms with Gasteiger partial charge in [-0.2, -0.15) is 0 Å². The number of hydrogen-bond donors (Lipinski definition) is 2. The summed E-state index contributed by atoms with van der Waals surface area (Å²) >= 11 is 0. The molecule has 0 aliphatic heterocycles. The summed E-state index contributed by atoms with van der Waals surface area (Å²) in [6.45, 7) is 1.39. The smallest absolute Gasteiger partial charge is 0.220 e. The van der Waals surface area contributed by atoms with Gasteiger partial charge in [0.25, 0.3) is 0 Å². The summed E-state index contributed by atoms with van der Waals surface area (Å²) in [5.41, 5.74) is 6.20. The minimum absolute atomic E-state index is 0.252. The highest BCUT2D eigenvalue weighted by Crippen LogP contribution is 2.23. The van der Waals surface area contributed by atoms with E-state index < -0.39 is 0 Å². The molecule has 1 aromatic rings. The Kier molecular flexibility index (Phi) is 6.38. The number of amides is 1. The molecule has 1 aromatic carbocycles. The first kappa shape index (κ1) is 15.7. The van der Waals surface area contributed by atoms with Gasteiger partial charge in [0, 0.05) is 12.2 Å². The van der Waals surface area contributed by atoms with E-state index in [1.807, 2.05) is 24.3 Å². The zero-order chi connectivity index (χ0) is 14.9. The van der Waals surface area contributed by atoms with Crippen LogP contribution in [-0.4, -0.2) is 19.1 Å². The number of carbonyl (C=O) groups excluding carboxylic acids is 1. The van der Waals surface area contributed by atoms with Crippen LogP contribution < -0.4 is 15.8 Å². The van der Waals surface area contributed by atoms with Crippen molar-refractivity contribution in [1.82, 2.24) is 0 Å². The van der Waals surface area contributed by atoms with E-state index in [1.165, 1.54) is 38.5 Å². The zero-order valence-electron chi connectivity index (χ0n) is 12.6. The molecule has 4 nitrogen and oxygen atoms in total. The van der Waals surface area contributed by atoms with E-state index in [1.54, 1.807) is 0 Å². The highest BCUT2D eigenvalue weighted by molar-refractivity contribution is 5.73. The maximum Gasteiger partial charge on any atom is 0.220 e. The van der Waals surface area contributed by atoms with Crippen LogP contribution in [0.5, 0.6) is 5.75 Å². The third-order valence-electron chi connectivity index (χ3n) is 4.04. The first-order valence-corrected chi connectivity index (χ1v) is 7.99. The monoisotopic (exact) mass is 290 g/mol. The van der Waals surface area contributed by atoms with Crippen molar-refractivity contribution in [3.8, 4) is 5.75 Å². The number of ether oxygens (including phenoxy) is 1. The van der Waals surface area contributed by atoms with E-state index in [4.69, 9.17) is 10.5 Å². The number of carbonyl (C=O) groups is 1. The summed E-state index contributed by atoms with van der Waals surface area (Å²) in [6.07, 6.45) is 8.49. The molecule has 0 atom stereocenters. The first-order chi connectivity index (χ1) is 10.2. The number of anilines is 1. The number of rotatable bonds is 7. The molecule has 0 radical (unpaired) electrons. The Balaban J connectivity index is 1.72. The molecule has 1 amide bonds. The summed E-state index contributed by atoms with van der Waals surface area (Å²) in [6, 6.07) is 7.90. The average Bonchev–Trinajstić information content (AvgIpc) is 2.75. The summed E-state index contributed by atoms with van der Waals surface area (Å²) < 4.78 is 5.45. The van der Waals surface area contributed by atoms with Crippen molar-refractivity contribution < 1.29 is 9.53 Å². The third-order valence-corrected chi connectivity index (χ3v) is 4.04. The van der Waals surface area contributed by atoms with Crippen molar-refractivity contribution in [2.45, 2.75) is 44.9 Å². The Morgan fingerprint density at radius 3 is 2.43 bits per heavy atom. The van der Waals surface area contributed by atoms with Crippen LogP contribution in [-0.2, 0) is 4.79 Å². The Morgan fingerprint density at radius 1 is 1.14 bits per heavy atom. The van der Waals surface area contributed by atoms with Gasteiger partial charge in [-0.1, -0.05) is 25.7 Å². The summed E-state index contributed by atoms with van der Waals surface area (Å²) in [4.78, 5) is 10.6. The number of benzene rings is 1. The lowest BCUT2D eigenvalue weighted by atomic mass is 10.0. The van der Waals surface area contributed by atoms with Crippen molar-refractivity contribution in [2.24, 2.45) is 11.7 Å². The molecule has 1 aliphatic rings. The normalized spacial score (nSPS) is 16.2. The molecule has 21 heavy (non-hydrogen) atoms. The van der Waals surface area contributed by atoms with Gasteiger partial charge in [0.05, 0.1) is 13.0 Å². The molecule has 0 aromatic heterocycles. The van der Waals surface area contributed by atoms with Crippen molar-refractivity contribution in [2.75, 3.05) is 18.5 Å². The second-order valence-corrected chi connectivity index (χ2v) is 5.83. The fourth-order valence-electron chi connectivity index (χ4n) is 2.77. The number of nitrogens with two attached hydrogens (primary N) is 1. The fourth-order valence-corrected chi connectivity index (χ4v) is 2.77. The van der Waals surface area contributed by atoms with Gasteiger partial charge in [-0.05, 0) is 43.0 Å². The molecule has 116 valence electrons. The minimum Gasteiger partial charge on any atom is -0.493 e. The summed E-state index contributed by atoms with van der Waals surface area (Å²) in [5, 5.41) is 3.51. The van der Waals surface area contributed by atoms with E-state index in [0.717, 1.165) is 23.9 Å². The summed E-state index contributed by atoms with van der Waals surface area (Å²) in [7, 11) is 0. The number of primary amides is 1. The molecule has 0 heterocycles. The lowest BCUT2D eigenvalue weighted by Crippen LogP contribution is -2.14. The van der Waals surface area contributed by atoms with Gasteiger partial charge in [-0.25, -0.2) is 0 Å². The van der Waals surface area contributed by atoms with Crippen LogP contribution in [0, 0.1) is 5.92 Å². The molecular formula is C17H26N2O2. The first-order valence-electron chi connectivity index (χ1n) is 7.99. The molecule has 1 saturated carbocycles. The van der Waals surface area contributed by atoms with Crippen LogP contribution in [0.15, 0.2) is 24.3 Å². The molecule has 0 spiro atoms. The van der Waals surface area contributed by atoms with Crippen molar-refractivity contribution >= 4 is 11.6 Å². The van der Waals surface area contributed by atoms with Crippen LogP contribution in [0.3, 0.4) is 0 Å². The van der Waals surface area contributed by atoms with E-state index >= 15 is 0 Å². The van der Waals surface area contributed by atoms with E-state index in [-0.39, 0.29) is 12.3 Å². The van der Waals surface area contributed by atoms with Crippen LogP contribution in [0.2, 0.25) is 0 Å². The third kappa shape index (κ3) is 6.06. The quantitative estimate of drug-likeness (QED) is 0.757. The maximum atomic E-state index is 10.6. The van der Waals surface area contributed by atoms with Gasteiger partial charge < -0.3 is 15.8 Å². The average molecular weight is 290 g/mol. The van der Waals surface area contributed by atoms with Crippen LogP contribution >= 0.6 is 0 Å². The van der Waals surface area contributed by atoms with Crippen molar-refractivity contribution in [1.29, 1.82) is 0 Å². The topological polar surface area (TPSA) is 64.4 Å². The second kappa shape index (κ2) is 8.55. The fraction of sp³-hybridized carbons (Fsp3) is 0.588. The summed E-state index contributed by atoms with van der Waals surface area (Å²) in [5.74, 6) is 1.24. The van der Waals surface area contributed by atoms with Gasteiger partial charge in [0.15, 0.2) is 0 Å². The molecular weight excluding hydrogens is 264 g/mol. The minimum atomic E-state index is -0.336. The predicted octanol–water partition coefficient (Wildman–Crippen LogP) is 3.32. The van der Waals surface area contributed by atoms with Gasteiger partial charge in [-0.3, -0.25) is 4.79 Å². The second-order valence-electron chi connectivity index (χ2n) is 5.83. The van der Waals surface area contributed by atoms with Crippen molar-refractivity contribution in [3.63, 3.8) is 0 Å². The van der Waals surface area contributed by atoms with Crippen LogP contribution in [0.4, 0.5) is 5.69 Å². The molecule has 3 N–H and O–H groups in total. The van der Waals surface area contributed by atoms with Crippen LogP contribution in [0.25, 0.3) is 0 Å². The number of hydrogen-bond acceptors (Lipinski definition) is 3. The molecule has 0 bridgehead atoms. The highest BCUT2D eigenvalue weighted by atomic mass is 16.5. The molecule has 4 heteroatoms. The number of nitrogens with one attached hydrogen (secondary N) is 1. The highest BCUT2D eigenvalue weighted by Gasteiger charge is 2.11. The molecule has 1 aliphatic carbocycles. The molecule has 0 saturated heterocycles. The van der Waals surface area contributed by atoms with Gasteiger partial charge in [-0.15, -0.1) is 0 Å².